The second kappa shape index (κ2) is 7.31. The Labute approximate surface area is 125 Å². The highest BCUT2D eigenvalue weighted by atomic mass is 32.2. The lowest BCUT2D eigenvalue weighted by molar-refractivity contribution is 0.444. The summed E-state index contributed by atoms with van der Waals surface area (Å²) in [6, 6.07) is 6.41. The summed E-state index contributed by atoms with van der Waals surface area (Å²) < 4.78 is 40.7. The van der Waals surface area contributed by atoms with Gasteiger partial charge in [-0.1, -0.05) is 12.1 Å². The van der Waals surface area contributed by atoms with Crippen molar-refractivity contribution in [2.24, 2.45) is 0 Å². The zero-order valence-corrected chi connectivity index (χ0v) is 13.0. The molecule has 0 unspecified atom stereocenters. The van der Waals surface area contributed by atoms with Crippen molar-refractivity contribution >= 4 is 10.2 Å². The molecule has 0 heterocycles. The molecule has 7 heteroatoms. The standard InChI is InChI=1S/C14H22FN3O2S/c1-18(10-2-9-16-14-7-8-14)21(19,20)17-11-12-3-5-13(15)6-4-12/h3-6,14,16-17H,2,7-11H2,1H3. The Balaban J connectivity index is 1.72. The SMILES string of the molecule is CN(CCCNC1CC1)S(=O)(=O)NCc1ccc(F)cc1. The first kappa shape index (κ1) is 16.4. The molecule has 1 aliphatic carbocycles. The van der Waals surface area contributed by atoms with Gasteiger partial charge in [-0.3, -0.25) is 0 Å². The zero-order valence-electron chi connectivity index (χ0n) is 12.2. The van der Waals surface area contributed by atoms with Crippen LogP contribution in [0, 0.1) is 5.82 Å². The Bertz CT molecular complexity index is 544. The predicted octanol–water partition coefficient (Wildman–Crippen LogP) is 1.23. The molecule has 0 radical (unpaired) electrons. The number of hydrogen-bond donors (Lipinski definition) is 2. The molecular weight excluding hydrogens is 293 g/mol. The highest BCUT2D eigenvalue weighted by Gasteiger charge is 2.20. The average Bonchev–Trinajstić information content (AvgIpc) is 3.27. The van der Waals surface area contributed by atoms with E-state index in [2.05, 4.69) is 10.0 Å². The molecule has 118 valence electrons. The fraction of sp³-hybridized carbons (Fsp3) is 0.571. The van der Waals surface area contributed by atoms with Crippen LogP contribution in [-0.4, -0.2) is 38.9 Å². The van der Waals surface area contributed by atoms with Crippen LogP contribution in [0.1, 0.15) is 24.8 Å². The summed E-state index contributed by atoms with van der Waals surface area (Å²) in [5.41, 5.74) is 0.726. The third kappa shape index (κ3) is 5.70. The predicted molar refractivity (Wildman–Crippen MR) is 80.4 cm³/mol. The number of hydrogen-bond acceptors (Lipinski definition) is 3. The molecule has 1 aromatic rings. The molecule has 0 aromatic heterocycles. The summed E-state index contributed by atoms with van der Waals surface area (Å²) in [5.74, 6) is -0.332. The molecule has 0 spiro atoms. The number of nitrogens with one attached hydrogen (secondary N) is 2. The number of benzene rings is 1. The van der Waals surface area contributed by atoms with Crippen molar-refractivity contribution in [1.29, 1.82) is 0 Å². The maximum absolute atomic E-state index is 12.8. The van der Waals surface area contributed by atoms with Gasteiger partial charge in [-0.2, -0.15) is 17.4 Å². The first-order valence-electron chi connectivity index (χ1n) is 7.16. The van der Waals surface area contributed by atoms with Crippen molar-refractivity contribution in [2.75, 3.05) is 20.1 Å². The van der Waals surface area contributed by atoms with Gasteiger partial charge in [-0.15, -0.1) is 0 Å². The summed E-state index contributed by atoms with van der Waals surface area (Å²) in [7, 11) is -1.93. The van der Waals surface area contributed by atoms with Gasteiger partial charge in [0.05, 0.1) is 0 Å². The molecular formula is C14H22FN3O2S. The minimum atomic E-state index is -3.49. The van der Waals surface area contributed by atoms with Crippen LogP contribution in [0.3, 0.4) is 0 Å². The van der Waals surface area contributed by atoms with E-state index in [9.17, 15) is 12.8 Å². The molecule has 5 nitrogen and oxygen atoms in total. The quantitative estimate of drug-likeness (QED) is 0.674. The zero-order chi connectivity index (χ0) is 15.3. The van der Waals surface area contributed by atoms with Gasteiger partial charge < -0.3 is 5.32 Å². The van der Waals surface area contributed by atoms with E-state index in [1.807, 2.05) is 0 Å². The maximum atomic E-state index is 12.8. The molecule has 1 fully saturated rings. The van der Waals surface area contributed by atoms with Crippen LogP contribution in [0.15, 0.2) is 24.3 Å². The average molecular weight is 315 g/mol. The van der Waals surface area contributed by atoms with Crippen LogP contribution in [0.2, 0.25) is 0 Å². The van der Waals surface area contributed by atoms with Crippen LogP contribution in [0.25, 0.3) is 0 Å². The van der Waals surface area contributed by atoms with E-state index in [1.54, 1.807) is 19.2 Å². The van der Waals surface area contributed by atoms with Crippen LogP contribution in [-0.2, 0) is 16.8 Å². The molecule has 1 aromatic carbocycles. The first-order valence-corrected chi connectivity index (χ1v) is 8.60. The largest absolute Gasteiger partial charge is 0.314 e. The van der Waals surface area contributed by atoms with Gasteiger partial charge in [-0.05, 0) is 43.5 Å². The fourth-order valence-corrected chi connectivity index (χ4v) is 2.84. The van der Waals surface area contributed by atoms with Gasteiger partial charge in [-0.25, -0.2) is 4.39 Å². The fourth-order valence-electron chi connectivity index (χ4n) is 1.90. The van der Waals surface area contributed by atoms with Gasteiger partial charge in [0.1, 0.15) is 5.82 Å². The van der Waals surface area contributed by atoms with E-state index in [0.717, 1.165) is 18.5 Å². The molecule has 2 rings (SSSR count). The van der Waals surface area contributed by atoms with Gasteiger partial charge in [0.25, 0.3) is 10.2 Å². The van der Waals surface area contributed by atoms with Crippen molar-refractivity contribution < 1.29 is 12.8 Å². The third-order valence-corrected chi connectivity index (χ3v) is 4.95. The molecule has 0 saturated heterocycles. The van der Waals surface area contributed by atoms with Crippen molar-refractivity contribution in [3.05, 3.63) is 35.6 Å². The molecule has 0 atom stereocenters. The Morgan fingerprint density at radius 1 is 1.29 bits per heavy atom. The van der Waals surface area contributed by atoms with Gasteiger partial charge in [0, 0.05) is 26.2 Å². The maximum Gasteiger partial charge on any atom is 0.279 e. The van der Waals surface area contributed by atoms with Crippen LogP contribution in [0.5, 0.6) is 0 Å². The second-order valence-electron chi connectivity index (χ2n) is 5.36. The molecule has 1 aliphatic rings. The Hall–Kier alpha value is -1.02. The van der Waals surface area contributed by atoms with E-state index in [0.29, 0.717) is 12.6 Å². The molecule has 0 bridgehead atoms. The lowest BCUT2D eigenvalue weighted by Gasteiger charge is -2.17. The molecule has 2 N–H and O–H groups in total. The summed E-state index contributed by atoms with van der Waals surface area (Å²) in [5, 5.41) is 3.35. The number of rotatable bonds is 9. The summed E-state index contributed by atoms with van der Waals surface area (Å²) in [4.78, 5) is 0. The van der Waals surface area contributed by atoms with E-state index in [1.165, 1.54) is 29.3 Å². The summed E-state index contributed by atoms with van der Waals surface area (Å²) in [6.45, 7) is 1.47. The van der Waals surface area contributed by atoms with Gasteiger partial charge >= 0.3 is 0 Å². The third-order valence-electron chi connectivity index (χ3n) is 3.44. The van der Waals surface area contributed by atoms with Crippen LogP contribution >= 0.6 is 0 Å². The monoisotopic (exact) mass is 315 g/mol. The highest BCUT2D eigenvalue weighted by molar-refractivity contribution is 7.87. The van der Waals surface area contributed by atoms with Crippen LogP contribution < -0.4 is 10.0 Å². The number of nitrogens with zero attached hydrogens (tertiary/aromatic N) is 1. The highest BCUT2D eigenvalue weighted by Crippen LogP contribution is 2.18. The Kier molecular flexibility index (Phi) is 5.69. The van der Waals surface area contributed by atoms with Crippen molar-refractivity contribution in [3.8, 4) is 0 Å². The smallest absolute Gasteiger partial charge is 0.279 e. The molecule has 0 aliphatic heterocycles. The Morgan fingerprint density at radius 3 is 2.57 bits per heavy atom. The summed E-state index contributed by atoms with van der Waals surface area (Å²) in [6.07, 6.45) is 3.24. The summed E-state index contributed by atoms with van der Waals surface area (Å²) >= 11 is 0. The van der Waals surface area contributed by atoms with E-state index < -0.39 is 10.2 Å². The lowest BCUT2D eigenvalue weighted by Crippen LogP contribution is -2.39. The van der Waals surface area contributed by atoms with Gasteiger partial charge in [0.15, 0.2) is 0 Å². The number of halogens is 1. The lowest BCUT2D eigenvalue weighted by atomic mass is 10.2. The second-order valence-corrected chi connectivity index (χ2v) is 7.22. The normalized spacial score (nSPS) is 15.6. The Morgan fingerprint density at radius 2 is 1.95 bits per heavy atom. The van der Waals surface area contributed by atoms with Crippen molar-refractivity contribution in [3.63, 3.8) is 0 Å². The van der Waals surface area contributed by atoms with Gasteiger partial charge in [0.2, 0.25) is 0 Å². The van der Waals surface area contributed by atoms with E-state index in [4.69, 9.17) is 0 Å². The first-order chi connectivity index (χ1) is 9.97. The van der Waals surface area contributed by atoms with Crippen LogP contribution in [0.4, 0.5) is 4.39 Å². The van der Waals surface area contributed by atoms with Crippen molar-refractivity contribution in [1.82, 2.24) is 14.3 Å². The van der Waals surface area contributed by atoms with Crippen molar-refractivity contribution in [2.45, 2.75) is 31.8 Å². The molecule has 21 heavy (non-hydrogen) atoms. The minimum Gasteiger partial charge on any atom is -0.314 e. The van der Waals surface area contributed by atoms with E-state index >= 15 is 0 Å². The molecule has 1 saturated carbocycles. The minimum absolute atomic E-state index is 0.160. The topological polar surface area (TPSA) is 61.4 Å². The molecule has 0 amide bonds. The van der Waals surface area contributed by atoms with E-state index in [-0.39, 0.29) is 12.4 Å².